The summed E-state index contributed by atoms with van der Waals surface area (Å²) in [6.45, 7) is 6.67. The lowest BCUT2D eigenvalue weighted by Crippen LogP contribution is -2.29. The molecule has 0 bridgehead atoms. The van der Waals surface area contributed by atoms with E-state index in [0.717, 1.165) is 16.9 Å². The number of ketones is 1. The first-order valence-electron chi connectivity index (χ1n) is 11.9. The van der Waals surface area contributed by atoms with Crippen LogP contribution in [0.25, 0.3) is 5.76 Å². The van der Waals surface area contributed by atoms with Gasteiger partial charge in [0, 0.05) is 24.5 Å². The number of amides is 1. The first kappa shape index (κ1) is 25.0. The van der Waals surface area contributed by atoms with Crippen molar-refractivity contribution in [3.05, 3.63) is 94.8 Å². The van der Waals surface area contributed by atoms with Crippen molar-refractivity contribution in [2.75, 3.05) is 13.7 Å². The van der Waals surface area contributed by atoms with Crippen molar-refractivity contribution in [2.24, 2.45) is 0 Å². The van der Waals surface area contributed by atoms with E-state index >= 15 is 0 Å². The number of aliphatic hydroxyl groups is 1. The summed E-state index contributed by atoms with van der Waals surface area (Å²) < 4.78 is 11.1. The lowest BCUT2D eigenvalue weighted by molar-refractivity contribution is -0.140. The Labute approximate surface area is 211 Å². The largest absolute Gasteiger partial charge is 0.507 e. The average molecular weight is 487 g/mol. The summed E-state index contributed by atoms with van der Waals surface area (Å²) in [6.07, 6.45) is 3.21. The molecule has 3 aromatic rings. The van der Waals surface area contributed by atoms with Crippen molar-refractivity contribution in [3.8, 4) is 11.5 Å². The third kappa shape index (κ3) is 4.82. The Morgan fingerprint density at radius 1 is 1.08 bits per heavy atom. The van der Waals surface area contributed by atoms with Crippen LogP contribution in [0, 0.1) is 0 Å². The van der Waals surface area contributed by atoms with Crippen molar-refractivity contribution in [2.45, 2.75) is 39.3 Å². The molecule has 0 saturated carbocycles. The second-order valence-corrected chi connectivity index (χ2v) is 8.90. The molecule has 1 atom stereocenters. The summed E-state index contributed by atoms with van der Waals surface area (Å²) in [6, 6.07) is 15.4. The number of methoxy groups -OCH3 is 1. The molecular formula is C29H30N2O5. The number of likely N-dealkylation sites (tertiary alicyclic amines) is 1. The molecule has 4 rings (SSSR count). The topological polar surface area (TPSA) is 89.0 Å². The Balaban J connectivity index is 1.84. The minimum atomic E-state index is -0.770. The second kappa shape index (κ2) is 10.6. The molecule has 1 amide bonds. The van der Waals surface area contributed by atoms with Crippen LogP contribution in [0.1, 0.15) is 55.0 Å². The van der Waals surface area contributed by atoms with E-state index in [0.29, 0.717) is 23.5 Å². The monoisotopic (exact) mass is 486 g/mol. The number of rotatable bonds is 8. The molecule has 2 aromatic carbocycles. The number of aromatic nitrogens is 1. The summed E-state index contributed by atoms with van der Waals surface area (Å²) in [4.78, 5) is 32.2. The van der Waals surface area contributed by atoms with Crippen LogP contribution in [0.3, 0.4) is 0 Å². The number of nitrogens with zero attached hydrogens (tertiary/aromatic N) is 2. The lowest BCUT2D eigenvalue weighted by atomic mass is 9.93. The van der Waals surface area contributed by atoms with Crippen LogP contribution in [-0.2, 0) is 16.1 Å². The molecule has 7 heteroatoms. The molecular weight excluding hydrogens is 456 g/mol. The van der Waals surface area contributed by atoms with Gasteiger partial charge >= 0.3 is 0 Å². The fourth-order valence-electron chi connectivity index (χ4n) is 4.49. The van der Waals surface area contributed by atoms with E-state index in [-0.39, 0.29) is 23.8 Å². The Hall–Kier alpha value is -4.13. The predicted molar refractivity (Wildman–Crippen MR) is 137 cm³/mol. The van der Waals surface area contributed by atoms with Gasteiger partial charge in [-0.15, -0.1) is 0 Å². The first-order valence-corrected chi connectivity index (χ1v) is 11.9. The normalized spacial score (nSPS) is 17.0. The third-order valence-corrected chi connectivity index (χ3v) is 6.25. The summed E-state index contributed by atoms with van der Waals surface area (Å²) in [5.41, 5.74) is 2.91. The molecule has 1 fully saturated rings. The van der Waals surface area contributed by atoms with E-state index in [1.165, 1.54) is 4.90 Å². The third-order valence-electron chi connectivity index (χ3n) is 6.25. The number of pyridine rings is 1. The molecule has 7 nitrogen and oxygen atoms in total. The molecule has 1 saturated heterocycles. The zero-order chi connectivity index (χ0) is 25.8. The number of Topliss-reactive ketones (excluding diaryl/α,β-unsaturated/α-hetero) is 1. The molecule has 0 spiro atoms. The Morgan fingerprint density at radius 3 is 2.50 bits per heavy atom. The SMILES string of the molecule is CCOc1ccc(/C(O)=C2/C(=O)C(=O)N(Cc3cccc(OC)c3)C2c2ccncc2)cc1C(C)C. The second-order valence-electron chi connectivity index (χ2n) is 8.90. The quantitative estimate of drug-likeness (QED) is 0.266. The number of ether oxygens (including phenoxy) is 2. The highest BCUT2D eigenvalue weighted by Gasteiger charge is 2.46. The summed E-state index contributed by atoms with van der Waals surface area (Å²) in [5.74, 6) is -0.0965. The fourth-order valence-corrected chi connectivity index (χ4v) is 4.49. The minimum Gasteiger partial charge on any atom is -0.507 e. The maximum atomic E-state index is 13.3. The molecule has 2 heterocycles. The smallest absolute Gasteiger partial charge is 0.295 e. The van der Waals surface area contributed by atoms with E-state index in [9.17, 15) is 14.7 Å². The van der Waals surface area contributed by atoms with Crippen molar-refractivity contribution >= 4 is 17.4 Å². The Morgan fingerprint density at radius 2 is 1.83 bits per heavy atom. The Bertz CT molecular complexity index is 1300. The molecule has 1 unspecified atom stereocenters. The van der Waals surface area contributed by atoms with Gasteiger partial charge in [-0.3, -0.25) is 14.6 Å². The van der Waals surface area contributed by atoms with Gasteiger partial charge in [-0.2, -0.15) is 0 Å². The fraction of sp³-hybridized carbons (Fsp3) is 0.276. The molecule has 1 aliphatic heterocycles. The number of hydrogen-bond donors (Lipinski definition) is 1. The maximum Gasteiger partial charge on any atom is 0.295 e. The van der Waals surface area contributed by atoms with Crippen LogP contribution < -0.4 is 9.47 Å². The zero-order valence-electron chi connectivity index (χ0n) is 20.9. The van der Waals surface area contributed by atoms with E-state index in [1.54, 1.807) is 43.8 Å². The Kier molecular flexibility index (Phi) is 7.38. The van der Waals surface area contributed by atoms with Gasteiger partial charge in [-0.25, -0.2) is 0 Å². The lowest BCUT2D eigenvalue weighted by Gasteiger charge is -2.25. The summed E-state index contributed by atoms with van der Waals surface area (Å²) in [5, 5.41) is 11.4. The van der Waals surface area contributed by atoms with E-state index < -0.39 is 17.7 Å². The van der Waals surface area contributed by atoms with Crippen LogP contribution in [-0.4, -0.2) is 40.4 Å². The molecule has 0 aliphatic carbocycles. The van der Waals surface area contributed by atoms with Gasteiger partial charge in [0.05, 0.1) is 25.3 Å². The molecule has 1 aliphatic rings. The van der Waals surface area contributed by atoms with E-state index in [1.807, 2.05) is 51.1 Å². The van der Waals surface area contributed by atoms with Crippen LogP contribution in [0.2, 0.25) is 0 Å². The van der Waals surface area contributed by atoms with Gasteiger partial charge in [0.25, 0.3) is 11.7 Å². The van der Waals surface area contributed by atoms with Crippen molar-refractivity contribution in [3.63, 3.8) is 0 Å². The number of carbonyl (C=O) groups excluding carboxylic acids is 2. The van der Waals surface area contributed by atoms with Crippen LogP contribution >= 0.6 is 0 Å². The summed E-state index contributed by atoms with van der Waals surface area (Å²) in [7, 11) is 1.57. The molecule has 1 aromatic heterocycles. The van der Waals surface area contributed by atoms with Gasteiger partial charge in [-0.1, -0.05) is 26.0 Å². The molecule has 36 heavy (non-hydrogen) atoms. The predicted octanol–water partition coefficient (Wildman–Crippen LogP) is 5.23. The van der Waals surface area contributed by atoms with Gasteiger partial charge in [0.1, 0.15) is 17.3 Å². The molecule has 1 N–H and O–H groups in total. The highest BCUT2D eigenvalue weighted by Crippen LogP contribution is 2.41. The number of benzene rings is 2. The van der Waals surface area contributed by atoms with Gasteiger partial charge in [-0.05, 0) is 72.0 Å². The molecule has 186 valence electrons. The highest BCUT2D eigenvalue weighted by molar-refractivity contribution is 6.46. The highest BCUT2D eigenvalue weighted by atomic mass is 16.5. The standard InChI is InChI=1S/C29H30N2O5/c1-5-36-24-10-9-21(16-23(24)18(2)3)27(32)25-26(20-11-13-30-14-12-20)31(29(34)28(25)33)17-19-7-6-8-22(15-19)35-4/h6-16,18,26,32H,5,17H2,1-4H3/b27-25-. The van der Waals surface area contributed by atoms with Gasteiger partial charge in [0.2, 0.25) is 0 Å². The van der Waals surface area contributed by atoms with Crippen LogP contribution in [0.5, 0.6) is 11.5 Å². The number of hydrogen-bond acceptors (Lipinski definition) is 6. The van der Waals surface area contributed by atoms with Gasteiger partial charge in [0.15, 0.2) is 0 Å². The van der Waals surface area contributed by atoms with E-state index in [4.69, 9.17) is 9.47 Å². The summed E-state index contributed by atoms with van der Waals surface area (Å²) >= 11 is 0. The minimum absolute atomic E-state index is 0.0490. The maximum absolute atomic E-state index is 13.3. The van der Waals surface area contributed by atoms with Crippen molar-refractivity contribution in [1.29, 1.82) is 0 Å². The van der Waals surface area contributed by atoms with Crippen molar-refractivity contribution < 1.29 is 24.2 Å². The van der Waals surface area contributed by atoms with Crippen LogP contribution in [0.4, 0.5) is 0 Å². The molecule has 0 radical (unpaired) electrons. The first-order chi connectivity index (χ1) is 17.3. The van der Waals surface area contributed by atoms with Crippen molar-refractivity contribution in [1.82, 2.24) is 9.88 Å². The average Bonchev–Trinajstić information content (AvgIpc) is 3.14. The van der Waals surface area contributed by atoms with E-state index in [2.05, 4.69) is 4.98 Å². The number of carbonyl (C=O) groups is 2. The number of aliphatic hydroxyl groups excluding tert-OH is 1. The zero-order valence-corrected chi connectivity index (χ0v) is 20.9. The van der Waals surface area contributed by atoms with Gasteiger partial charge < -0.3 is 19.5 Å². The van der Waals surface area contributed by atoms with Crippen LogP contribution in [0.15, 0.2) is 72.6 Å².